The topological polar surface area (TPSA) is 78.7 Å². The first kappa shape index (κ1) is 19.0. The van der Waals surface area contributed by atoms with E-state index in [0.29, 0.717) is 11.3 Å². The van der Waals surface area contributed by atoms with Crippen LogP contribution >= 0.6 is 0 Å². The molecule has 2 aromatic rings. The van der Waals surface area contributed by atoms with Crippen molar-refractivity contribution in [1.82, 2.24) is 0 Å². The van der Waals surface area contributed by atoms with Gasteiger partial charge in [-0.25, -0.2) is 4.79 Å². The van der Waals surface area contributed by atoms with Gasteiger partial charge in [0, 0.05) is 5.56 Å². The molecule has 0 amide bonds. The van der Waals surface area contributed by atoms with Gasteiger partial charge >= 0.3 is 5.97 Å². The van der Waals surface area contributed by atoms with Crippen LogP contribution in [0.5, 0.6) is 5.75 Å². The van der Waals surface area contributed by atoms with Crippen molar-refractivity contribution in [1.29, 1.82) is 0 Å². The molecule has 7 nitrogen and oxygen atoms in total. The van der Waals surface area contributed by atoms with Crippen molar-refractivity contribution in [2.75, 3.05) is 21.3 Å². The van der Waals surface area contributed by atoms with Gasteiger partial charge in [0.05, 0.1) is 13.3 Å². The van der Waals surface area contributed by atoms with Crippen LogP contribution < -0.4 is 4.74 Å². The number of carbonyl (C=O) groups excluding carboxylic acids is 1. The quantitative estimate of drug-likeness (QED) is 0.413. The third-order valence-corrected chi connectivity index (χ3v) is 3.39. The molecular weight excluding hydrogens is 336 g/mol. The molecule has 0 aromatic heterocycles. The Morgan fingerprint density at radius 2 is 1.85 bits per heavy atom. The third kappa shape index (κ3) is 5.07. The average Bonchev–Trinajstić information content (AvgIpc) is 2.69. The molecule has 0 aliphatic heterocycles. The van der Waals surface area contributed by atoms with E-state index in [-0.39, 0.29) is 12.3 Å². The summed E-state index contributed by atoms with van der Waals surface area (Å²) in [5.74, 6) is 0.0697. The molecule has 0 atom stereocenters. The predicted molar refractivity (Wildman–Crippen MR) is 97.4 cm³/mol. The van der Waals surface area contributed by atoms with Gasteiger partial charge in [-0.15, -0.1) is 0 Å². The monoisotopic (exact) mass is 356 g/mol. The van der Waals surface area contributed by atoms with Crippen LogP contribution in [-0.2, 0) is 25.8 Å². The minimum atomic E-state index is -0.586. The number of oxime groups is 2. The first-order chi connectivity index (χ1) is 12.7. The molecule has 26 heavy (non-hydrogen) atoms. The molecule has 7 heteroatoms. The summed E-state index contributed by atoms with van der Waals surface area (Å²) in [6.07, 6.45) is 1.58. The normalized spacial score (nSPS) is 11.3. The van der Waals surface area contributed by atoms with E-state index in [9.17, 15) is 4.79 Å². The van der Waals surface area contributed by atoms with Crippen molar-refractivity contribution in [3.63, 3.8) is 0 Å². The Labute approximate surface area is 151 Å². The zero-order valence-corrected chi connectivity index (χ0v) is 14.8. The minimum Gasteiger partial charge on any atom is -0.489 e. The van der Waals surface area contributed by atoms with Gasteiger partial charge in [0.15, 0.2) is 5.71 Å². The van der Waals surface area contributed by atoms with E-state index in [4.69, 9.17) is 14.3 Å². The van der Waals surface area contributed by atoms with Gasteiger partial charge in [-0.3, -0.25) is 0 Å². The first-order valence-corrected chi connectivity index (χ1v) is 7.76. The lowest BCUT2D eigenvalue weighted by molar-refractivity contribution is -0.132. The molecule has 0 spiro atoms. The predicted octanol–water partition coefficient (Wildman–Crippen LogP) is 2.77. The van der Waals surface area contributed by atoms with E-state index in [1.165, 1.54) is 21.3 Å². The second-order valence-electron chi connectivity index (χ2n) is 5.05. The third-order valence-electron chi connectivity index (χ3n) is 3.39. The maximum Gasteiger partial charge on any atom is 0.360 e. The van der Waals surface area contributed by atoms with Gasteiger partial charge in [0.2, 0.25) is 0 Å². The van der Waals surface area contributed by atoms with Gasteiger partial charge in [0.1, 0.15) is 26.6 Å². The standard InChI is InChI=1S/C19H20N2O5/c1-23-19(22)18(21-25-3)17-10-5-4-8-15(17)13-26-16-9-6-7-14(11-16)12-20-24-2/h4-12H,13H2,1-3H3/b20-12+,21-18+. The van der Waals surface area contributed by atoms with Gasteiger partial charge in [0.25, 0.3) is 0 Å². The lowest BCUT2D eigenvalue weighted by Crippen LogP contribution is -2.19. The lowest BCUT2D eigenvalue weighted by atomic mass is 10.0. The number of esters is 1. The largest absolute Gasteiger partial charge is 0.489 e. The van der Waals surface area contributed by atoms with Gasteiger partial charge in [-0.2, -0.15) is 0 Å². The minimum absolute atomic E-state index is 0.0789. The molecule has 0 aliphatic rings. The lowest BCUT2D eigenvalue weighted by Gasteiger charge is -2.12. The Kier molecular flexibility index (Phi) is 7.17. The summed E-state index contributed by atoms with van der Waals surface area (Å²) in [5.41, 5.74) is 2.27. The fourth-order valence-electron chi connectivity index (χ4n) is 2.22. The highest BCUT2D eigenvalue weighted by Gasteiger charge is 2.19. The van der Waals surface area contributed by atoms with E-state index >= 15 is 0 Å². The molecule has 0 aliphatic carbocycles. The van der Waals surface area contributed by atoms with Crippen molar-refractivity contribution in [3.05, 3.63) is 65.2 Å². The van der Waals surface area contributed by atoms with Crippen LogP contribution in [0.4, 0.5) is 0 Å². The van der Waals surface area contributed by atoms with E-state index in [1.807, 2.05) is 36.4 Å². The Balaban J connectivity index is 2.22. The SMILES string of the molecule is CO/N=C/c1cccc(OCc2ccccc2/C(=N\OC)C(=O)OC)c1. The summed E-state index contributed by atoms with van der Waals surface area (Å²) in [5, 5.41) is 7.51. The molecule has 0 bridgehead atoms. The van der Waals surface area contributed by atoms with Crippen molar-refractivity contribution in [2.45, 2.75) is 6.61 Å². The Hall–Kier alpha value is -3.35. The molecule has 0 radical (unpaired) electrons. The van der Waals surface area contributed by atoms with Gasteiger partial charge in [-0.05, 0) is 23.3 Å². The molecule has 0 unspecified atom stereocenters. The summed E-state index contributed by atoms with van der Waals surface area (Å²) in [6, 6.07) is 14.6. The summed E-state index contributed by atoms with van der Waals surface area (Å²) >= 11 is 0. The summed E-state index contributed by atoms with van der Waals surface area (Å²) in [7, 11) is 4.14. The number of methoxy groups -OCH3 is 1. The Morgan fingerprint density at radius 1 is 1.04 bits per heavy atom. The van der Waals surface area contributed by atoms with Crippen LogP contribution in [0.1, 0.15) is 16.7 Å². The highest BCUT2D eigenvalue weighted by atomic mass is 16.6. The number of hydrogen-bond donors (Lipinski definition) is 0. The molecule has 0 saturated carbocycles. The smallest absolute Gasteiger partial charge is 0.360 e. The van der Waals surface area contributed by atoms with Crippen molar-refractivity contribution in [3.8, 4) is 5.75 Å². The molecular formula is C19H20N2O5. The van der Waals surface area contributed by atoms with Crippen LogP contribution in [0.2, 0.25) is 0 Å². The number of rotatable bonds is 8. The van der Waals surface area contributed by atoms with E-state index in [2.05, 4.69) is 15.1 Å². The Bertz CT molecular complexity index is 802. The molecule has 0 saturated heterocycles. The highest BCUT2D eigenvalue weighted by Crippen LogP contribution is 2.17. The van der Waals surface area contributed by atoms with E-state index in [1.54, 1.807) is 18.3 Å². The zero-order valence-electron chi connectivity index (χ0n) is 14.8. The molecule has 0 heterocycles. The highest BCUT2D eigenvalue weighted by molar-refractivity contribution is 6.43. The van der Waals surface area contributed by atoms with Crippen LogP contribution in [0.15, 0.2) is 58.8 Å². The average molecular weight is 356 g/mol. The van der Waals surface area contributed by atoms with Gasteiger partial charge < -0.3 is 19.1 Å². The first-order valence-electron chi connectivity index (χ1n) is 7.76. The second kappa shape index (κ2) is 9.83. The van der Waals surface area contributed by atoms with E-state index < -0.39 is 5.97 Å². The van der Waals surface area contributed by atoms with Crippen LogP contribution in [0.25, 0.3) is 0 Å². The number of hydrogen-bond acceptors (Lipinski definition) is 7. The molecule has 0 N–H and O–H groups in total. The summed E-state index contributed by atoms with van der Waals surface area (Å²) in [6.45, 7) is 0.237. The maximum absolute atomic E-state index is 12.0. The van der Waals surface area contributed by atoms with Crippen molar-refractivity contribution in [2.24, 2.45) is 10.3 Å². The number of nitrogens with zero attached hydrogens (tertiary/aromatic N) is 2. The van der Waals surface area contributed by atoms with E-state index in [0.717, 1.165) is 11.1 Å². The fraction of sp³-hybridized carbons (Fsp3) is 0.211. The molecule has 2 rings (SSSR count). The second-order valence-corrected chi connectivity index (χ2v) is 5.05. The molecule has 2 aromatic carbocycles. The summed E-state index contributed by atoms with van der Waals surface area (Å²) in [4.78, 5) is 21.4. The fourth-order valence-corrected chi connectivity index (χ4v) is 2.22. The number of carbonyl (C=O) groups is 1. The molecule has 136 valence electrons. The Morgan fingerprint density at radius 3 is 2.58 bits per heavy atom. The molecule has 0 fully saturated rings. The number of ether oxygens (including phenoxy) is 2. The zero-order chi connectivity index (χ0) is 18.8. The summed E-state index contributed by atoms with van der Waals surface area (Å²) < 4.78 is 10.6. The number of benzene rings is 2. The van der Waals surface area contributed by atoms with Crippen LogP contribution in [0.3, 0.4) is 0 Å². The van der Waals surface area contributed by atoms with Crippen LogP contribution in [0, 0.1) is 0 Å². The van der Waals surface area contributed by atoms with Gasteiger partial charge in [-0.1, -0.05) is 46.7 Å². The van der Waals surface area contributed by atoms with Crippen molar-refractivity contribution >= 4 is 17.9 Å². The van der Waals surface area contributed by atoms with Crippen LogP contribution in [-0.4, -0.2) is 39.2 Å². The van der Waals surface area contributed by atoms with Crippen molar-refractivity contribution < 1.29 is 23.9 Å². The maximum atomic E-state index is 12.0.